The number of amides is 1. The lowest BCUT2D eigenvalue weighted by molar-refractivity contribution is 0.0523. The maximum Gasteiger partial charge on any atom is 0.407 e. The highest BCUT2D eigenvalue weighted by molar-refractivity contribution is 5.71. The lowest BCUT2D eigenvalue weighted by Gasteiger charge is -2.20. The number of nitrogens with one attached hydrogen (secondary N) is 1. The fraction of sp³-hybridized carbons (Fsp3) is 0.278. The highest BCUT2D eigenvalue weighted by atomic mass is 16.6. The van der Waals surface area contributed by atoms with E-state index < -0.39 is 11.7 Å². The molecule has 2 aromatic carbocycles. The van der Waals surface area contributed by atoms with E-state index in [1.54, 1.807) is 18.2 Å². The molecule has 0 aliphatic carbocycles. The smallest absolute Gasteiger partial charge is 0.407 e. The zero-order valence-electron chi connectivity index (χ0n) is 13.1. The van der Waals surface area contributed by atoms with Gasteiger partial charge in [0.05, 0.1) is 0 Å². The summed E-state index contributed by atoms with van der Waals surface area (Å²) in [6.45, 7) is 5.84. The van der Waals surface area contributed by atoms with Crippen molar-refractivity contribution < 1.29 is 14.6 Å². The van der Waals surface area contributed by atoms with Gasteiger partial charge in [-0.05, 0) is 49.6 Å². The van der Waals surface area contributed by atoms with Crippen LogP contribution in [0, 0.1) is 0 Å². The van der Waals surface area contributed by atoms with Crippen molar-refractivity contribution in [1.29, 1.82) is 0 Å². The maximum atomic E-state index is 11.8. The summed E-state index contributed by atoms with van der Waals surface area (Å²) in [6, 6.07) is 14.8. The Morgan fingerprint density at radius 2 is 1.86 bits per heavy atom. The number of aromatic hydroxyl groups is 1. The SMILES string of the molecule is CC(C)(C)OC(=O)NCc1ccccc1-c1cccc(O)c1. The Labute approximate surface area is 130 Å². The Hall–Kier alpha value is -2.49. The van der Waals surface area contributed by atoms with Crippen molar-refractivity contribution in [3.8, 4) is 16.9 Å². The van der Waals surface area contributed by atoms with Gasteiger partial charge in [0.15, 0.2) is 0 Å². The minimum absolute atomic E-state index is 0.215. The summed E-state index contributed by atoms with van der Waals surface area (Å²) in [5, 5.41) is 12.4. The van der Waals surface area contributed by atoms with Crippen LogP contribution in [0.4, 0.5) is 4.79 Å². The Balaban J connectivity index is 2.14. The number of carbonyl (C=O) groups is 1. The largest absolute Gasteiger partial charge is 0.508 e. The van der Waals surface area contributed by atoms with Crippen LogP contribution >= 0.6 is 0 Å². The van der Waals surface area contributed by atoms with Crippen LogP contribution in [0.3, 0.4) is 0 Å². The van der Waals surface area contributed by atoms with Gasteiger partial charge in [-0.2, -0.15) is 0 Å². The van der Waals surface area contributed by atoms with Crippen molar-refractivity contribution in [2.24, 2.45) is 0 Å². The second-order valence-electron chi connectivity index (χ2n) is 6.06. The number of phenolic OH excluding ortho intramolecular Hbond substituents is 1. The Morgan fingerprint density at radius 3 is 2.55 bits per heavy atom. The summed E-state index contributed by atoms with van der Waals surface area (Å²) in [5.41, 5.74) is 2.31. The topological polar surface area (TPSA) is 58.6 Å². The molecule has 0 spiro atoms. The molecule has 4 heteroatoms. The molecule has 0 aliphatic heterocycles. The minimum atomic E-state index is -0.519. The van der Waals surface area contributed by atoms with Gasteiger partial charge >= 0.3 is 6.09 Å². The van der Waals surface area contributed by atoms with Gasteiger partial charge in [-0.1, -0.05) is 36.4 Å². The average molecular weight is 299 g/mol. The quantitative estimate of drug-likeness (QED) is 0.897. The first-order chi connectivity index (χ1) is 10.3. The van der Waals surface area contributed by atoms with Crippen LogP contribution in [-0.4, -0.2) is 16.8 Å². The number of benzene rings is 2. The second-order valence-corrected chi connectivity index (χ2v) is 6.06. The van der Waals surface area contributed by atoms with Gasteiger partial charge in [-0.3, -0.25) is 0 Å². The predicted molar refractivity (Wildman–Crippen MR) is 86.6 cm³/mol. The van der Waals surface area contributed by atoms with Crippen molar-refractivity contribution in [2.45, 2.75) is 32.9 Å². The molecule has 2 rings (SSSR count). The standard InChI is InChI=1S/C18H21NO3/c1-18(2,3)22-17(21)19-12-14-7-4-5-10-16(14)13-8-6-9-15(20)11-13/h4-11,20H,12H2,1-3H3,(H,19,21). The molecule has 0 fully saturated rings. The van der Waals surface area contributed by atoms with Crippen LogP contribution in [-0.2, 0) is 11.3 Å². The number of hydrogen-bond donors (Lipinski definition) is 2. The normalized spacial score (nSPS) is 11.0. The predicted octanol–water partition coefficient (Wildman–Crippen LogP) is 4.08. The number of hydrogen-bond acceptors (Lipinski definition) is 3. The highest BCUT2D eigenvalue weighted by Gasteiger charge is 2.16. The van der Waals surface area contributed by atoms with E-state index in [-0.39, 0.29) is 5.75 Å². The molecule has 1 amide bonds. The zero-order valence-corrected chi connectivity index (χ0v) is 13.1. The third-order valence-electron chi connectivity index (χ3n) is 3.00. The van der Waals surface area contributed by atoms with Gasteiger partial charge in [-0.15, -0.1) is 0 Å². The Morgan fingerprint density at radius 1 is 1.14 bits per heavy atom. The second kappa shape index (κ2) is 6.52. The van der Waals surface area contributed by atoms with Crippen molar-refractivity contribution in [2.75, 3.05) is 0 Å². The van der Waals surface area contributed by atoms with Crippen molar-refractivity contribution in [3.63, 3.8) is 0 Å². The van der Waals surface area contributed by atoms with Crippen LogP contribution in [0.1, 0.15) is 26.3 Å². The van der Waals surface area contributed by atoms with E-state index in [4.69, 9.17) is 4.74 Å². The molecular weight excluding hydrogens is 278 g/mol. The molecule has 0 saturated heterocycles. The zero-order chi connectivity index (χ0) is 16.2. The van der Waals surface area contributed by atoms with Crippen LogP contribution in [0.15, 0.2) is 48.5 Å². The molecule has 0 bridgehead atoms. The van der Waals surface area contributed by atoms with Crippen molar-refractivity contribution in [3.05, 3.63) is 54.1 Å². The van der Waals surface area contributed by atoms with Crippen LogP contribution in [0.5, 0.6) is 5.75 Å². The number of ether oxygens (including phenoxy) is 1. The summed E-state index contributed by atoms with van der Waals surface area (Å²) < 4.78 is 5.23. The fourth-order valence-corrected chi connectivity index (χ4v) is 2.11. The Bertz CT molecular complexity index is 659. The maximum absolute atomic E-state index is 11.8. The van der Waals surface area contributed by atoms with E-state index >= 15 is 0 Å². The molecule has 0 saturated carbocycles. The first-order valence-electron chi connectivity index (χ1n) is 7.19. The third kappa shape index (κ3) is 4.52. The molecule has 0 unspecified atom stereocenters. The molecule has 0 atom stereocenters. The van der Waals surface area contributed by atoms with E-state index in [1.165, 1.54) is 0 Å². The molecule has 2 N–H and O–H groups in total. The van der Waals surface area contributed by atoms with E-state index in [0.717, 1.165) is 16.7 Å². The lowest BCUT2D eigenvalue weighted by Crippen LogP contribution is -2.32. The molecule has 2 aromatic rings. The van der Waals surface area contributed by atoms with E-state index in [2.05, 4.69) is 5.32 Å². The van der Waals surface area contributed by atoms with Gasteiger partial charge in [0.1, 0.15) is 11.4 Å². The van der Waals surface area contributed by atoms with Gasteiger partial charge in [0.25, 0.3) is 0 Å². The molecule has 0 heterocycles. The first kappa shape index (κ1) is 15.9. The molecule has 116 valence electrons. The van der Waals surface area contributed by atoms with E-state index in [9.17, 15) is 9.90 Å². The third-order valence-corrected chi connectivity index (χ3v) is 3.00. The van der Waals surface area contributed by atoms with E-state index in [0.29, 0.717) is 6.54 Å². The minimum Gasteiger partial charge on any atom is -0.508 e. The lowest BCUT2D eigenvalue weighted by atomic mass is 9.99. The number of phenols is 1. The number of rotatable bonds is 3. The van der Waals surface area contributed by atoms with Gasteiger partial charge in [-0.25, -0.2) is 4.79 Å². The first-order valence-corrected chi connectivity index (χ1v) is 7.19. The molecule has 4 nitrogen and oxygen atoms in total. The average Bonchev–Trinajstić information content (AvgIpc) is 2.44. The van der Waals surface area contributed by atoms with Crippen molar-refractivity contribution >= 4 is 6.09 Å². The molecule has 0 radical (unpaired) electrons. The molecule has 0 aliphatic rings. The van der Waals surface area contributed by atoms with Crippen LogP contribution in [0.25, 0.3) is 11.1 Å². The van der Waals surface area contributed by atoms with Crippen molar-refractivity contribution in [1.82, 2.24) is 5.32 Å². The summed E-state index contributed by atoms with van der Waals surface area (Å²) in [7, 11) is 0. The van der Waals surface area contributed by atoms with Crippen LogP contribution < -0.4 is 5.32 Å². The van der Waals surface area contributed by atoms with Gasteiger partial charge in [0, 0.05) is 6.54 Å². The molecule has 22 heavy (non-hydrogen) atoms. The Kier molecular flexibility index (Phi) is 4.71. The van der Waals surface area contributed by atoms with E-state index in [1.807, 2.05) is 51.1 Å². The summed E-state index contributed by atoms with van der Waals surface area (Å²) >= 11 is 0. The van der Waals surface area contributed by atoms with Gasteiger partial charge in [0.2, 0.25) is 0 Å². The molecule has 0 aromatic heterocycles. The summed E-state index contributed by atoms with van der Waals surface area (Å²) in [6.07, 6.45) is -0.446. The monoisotopic (exact) mass is 299 g/mol. The van der Waals surface area contributed by atoms with Crippen LogP contribution in [0.2, 0.25) is 0 Å². The van der Waals surface area contributed by atoms with Gasteiger partial charge < -0.3 is 15.2 Å². The number of carbonyl (C=O) groups excluding carboxylic acids is 1. The number of alkyl carbamates (subject to hydrolysis) is 1. The summed E-state index contributed by atoms with van der Waals surface area (Å²) in [5.74, 6) is 0.215. The fourth-order valence-electron chi connectivity index (χ4n) is 2.11. The highest BCUT2D eigenvalue weighted by Crippen LogP contribution is 2.26. The molecular formula is C18H21NO3. The summed E-state index contributed by atoms with van der Waals surface area (Å²) in [4.78, 5) is 11.8.